The molecule has 2 atom stereocenters. The molecule has 5 rings (SSSR count). The quantitative estimate of drug-likeness (QED) is 0.410. The van der Waals surface area contributed by atoms with Crippen LogP contribution in [-0.2, 0) is 11.2 Å². The molecule has 2 aromatic rings. The first-order chi connectivity index (χ1) is 16.4. The predicted molar refractivity (Wildman–Crippen MR) is 141 cm³/mol. The fourth-order valence-corrected chi connectivity index (χ4v) is 6.87. The summed E-state index contributed by atoms with van der Waals surface area (Å²) in [6, 6.07) is 13.1. The van der Waals surface area contributed by atoms with Crippen LogP contribution in [0.4, 0.5) is 0 Å². The van der Waals surface area contributed by atoms with Crippen LogP contribution in [0.5, 0.6) is 5.75 Å². The van der Waals surface area contributed by atoms with Gasteiger partial charge in [-0.15, -0.1) is 0 Å². The number of likely N-dealkylation sites (tertiary alicyclic amines) is 1. The third-order valence-electron chi connectivity index (χ3n) is 7.31. The second kappa shape index (κ2) is 9.70. The lowest BCUT2D eigenvalue weighted by Gasteiger charge is -2.41. The largest absolute Gasteiger partial charge is 0.508 e. The highest BCUT2D eigenvalue weighted by Crippen LogP contribution is 2.47. The first-order valence-corrected chi connectivity index (χ1v) is 13.3. The van der Waals surface area contributed by atoms with Gasteiger partial charge in [-0.25, -0.2) is 0 Å². The highest BCUT2D eigenvalue weighted by molar-refractivity contribution is 9.12. The van der Waals surface area contributed by atoms with E-state index < -0.39 is 0 Å². The SMILES string of the molecule is N=C(C(=O)N1CCC([C@@H]2c3c(Br)cc(O)cc3CCC3=CC(Br)=CNC32)CC1)c1ccccc1. The van der Waals surface area contributed by atoms with Crippen molar-refractivity contribution in [2.24, 2.45) is 5.92 Å². The van der Waals surface area contributed by atoms with Crippen molar-refractivity contribution in [1.82, 2.24) is 10.2 Å². The van der Waals surface area contributed by atoms with E-state index in [1.54, 1.807) is 6.07 Å². The molecule has 0 radical (unpaired) electrons. The Morgan fingerprint density at radius 3 is 2.56 bits per heavy atom. The van der Waals surface area contributed by atoms with Gasteiger partial charge in [0, 0.05) is 39.7 Å². The van der Waals surface area contributed by atoms with Gasteiger partial charge in [-0.3, -0.25) is 10.2 Å². The van der Waals surface area contributed by atoms with E-state index in [0.29, 0.717) is 24.6 Å². The topological polar surface area (TPSA) is 76.4 Å². The minimum atomic E-state index is -0.194. The van der Waals surface area contributed by atoms with Gasteiger partial charge in [0.05, 0.1) is 6.04 Å². The van der Waals surface area contributed by atoms with Crippen LogP contribution < -0.4 is 5.32 Å². The van der Waals surface area contributed by atoms with Crippen molar-refractivity contribution >= 4 is 43.5 Å². The number of phenols is 1. The molecule has 1 saturated heterocycles. The number of hydrogen-bond acceptors (Lipinski definition) is 4. The van der Waals surface area contributed by atoms with E-state index in [9.17, 15) is 9.90 Å². The number of nitrogens with zero attached hydrogens (tertiary/aromatic N) is 1. The molecule has 3 aliphatic rings. The van der Waals surface area contributed by atoms with E-state index in [2.05, 4.69) is 43.3 Å². The number of allylic oxidation sites excluding steroid dienone is 2. The number of nitrogens with one attached hydrogen (secondary N) is 2. The number of dihydropyridines is 1. The first-order valence-electron chi connectivity index (χ1n) is 11.7. The number of hydrogen-bond donors (Lipinski definition) is 3. The number of rotatable bonds is 3. The first kappa shape index (κ1) is 23.4. The number of carbonyl (C=O) groups excluding carboxylic acids is 1. The Morgan fingerprint density at radius 1 is 1.09 bits per heavy atom. The van der Waals surface area contributed by atoms with E-state index in [1.165, 1.54) is 16.7 Å². The smallest absolute Gasteiger partial charge is 0.272 e. The molecule has 1 aliphatic carbocycles. The highest BCUT2D eigenvalue weighted by atomic mass is 79.9. The number of benzene rings is 2. The molecule has 3 N–H and O–H groups in total. The average Bonchev–Trinajstić information content (AvgIpc) is 3.00. The molecule has 2 aromatic carbocycles. The van der Waals surface area contributed by atoms with Gasteiger partial charge in [0.25, 0.3) is 5.91 Å². The molecule has 0 spiro atoms. The summed E-state index contributed by atoms with van der Waals surface area (Å²) in [7, 11) is 0. The molecular weight excluding hydrogens is 558 g/mol. The third-order valence-corrected chi connectivity index (χ3v) is 8.42. The number of halogens is 2. The van der Waals surface area contributed by atoms with Gasteiger partial charge >= 0.3 is 0 Å². The molecule has 0 bridgehead atoms. The minimum absolute atomic E-state index is 0.0613. The molecule has 7 heteroatoms. The predicted octanol–water partition coefficient (Wildman–Crippen LogP) is 5.63. The fraction of sp³-hybridized carbons (Fsp3) is 0.333. The average molecular weight is 585 g/mol. The summed E-state index contributed by atoms with van der Waals surface area (Å²) in [5, 5.41) is 22.3. The molecule has 5 nitrogen and oxygen atoms in total. The van der Waals surface area contributed by atoms with Crippen LogP contribution in [0.1, 0.15) is 41.9 Å². The Kier molecular flexibility index (Phi) is 6.67. The lowest BCUT2D eigenvalue weighted by Crippen LogP contribution is -2.46. The molecule has 1 amide bonds. The fourth-order valence-electron chi connectivity index (χ4n) is 5.69. The zero-order valence-corrected chi connectivity index (χ0v) is 21.9. The number of piperidine rings is 1. The second-order valence-corrected chi connectivity index (χ2v) is 11.1. The van der Waals surface area contributed by atoms with Gasteiger partial charge in [0.1, 0.15) is 11.5 Å². The Balaban J connectivity index is 1.40. The van der Waals surface area contributed by atoms with E-state index in [0.717, 1.165) is 34.6 Å². The number of fused-ring (bicyclic) bond motifs is 2. The molecule has 1 fully saturated rings. The van der Waals surface area contributed by atoms with E-state index in [-0.39, 0.29) is 29.3 Å². The number of phenolic OH excluding ortho intramolecular Hbond substituents is 1. The van der Waals surface area contributed by atoms with Gasteiger partial charge < -0.3 is 15.3 Å². The van der Waals surface area contributed by atoms with Crippen LogP contribution in [0.3, 0.4) is 0 Å². The number of carbonyl (C=O) groups is 1. The summed E-state index contributed by atoms with van der Waals surface area (Å²) in [4.78, 5) is 14.9. The van der Waals surface area contributed by atoms with Crippen LogP contribution >= 0.6 is 31.9 Å². The van der Waals surface area contributed by atoms with Gasteiger partial charge in [0.2, 0.25) is 0 Å². The maximum Gasteiger partial charge on any atom is 0.272 e. The van der Waals surface area contributed by atoms with Crippen molar-refractivity contribution in [3.8, 4) is 5.75 Å². The van der Waals surface area contributed by atoms with Gasteiger partial charge in [-0.2, -0.15) is 0 Å². The summed E-state index contributed by atoms with van der Waals surface area (Å²) in [6.45, 7) is 1.29. The second-order valence-electron chi connectivity index (χ2n) is 9.29. The van der Waals surface area contributed by atoms with Crippen LogP contribution in [-0.4, -0.2) is 40.8 Å². The van der Waals surface area contributed by atoms with Gasteiger partial charge in [0.15, 0.2) is 0 Å². The standard InChI is InChI=1S/C27H27Br2N3O2/c28-20-12-19-7-6-18-13-21(33)14-22(29)23(18)24(26(19)31-15-20)16-8-10-32(11-9-16)27(34)25(30)17-4-2-1-3-5-17/h1-5,12-16,24,26,30-31,33H,6-11H2/t24-,26?/m1/s1. The Morgan fingerprint density at radius 2 is 1.82 bits per heavy atom. The van der Waals surface area contributed by atoms with E-state index >= 15 is 0 Å². The molecule has 2 heterocycles. The molecule has 0 aromatic heterocycles. The Bertz CT molecular complexity index is 1180. The number of aryl methyl sites for hydroxylation is 1. The van der Waals surface area contributed by atoms with Gasteiger partial charge in [-0.1, -0.05) is 46.3 Å². The summed E-state index contributed by atoms with van der Waals surface area (Å²) in [5.41, 5.74) is 4.55. The third kappa shape index (κ3) is 4.48. The molecule has 1 unspecified atom stereocenters. The van der Waals surface area contributed by atoms with Crippen molar-refractivity contribution in [2.45, 2.75) is 37.6 Å². The summed E-state index contributed by atoms with van der Waals surface area (Å²) >= 11 is 7.38. The highest BCUT2D eigenvalue weighted by Gasteiger charge is 2.40. The van der Waals surface area contributed by atoms with Crippen LogP contribution in [0.25, 0.3) is 0 Å². The van der Waals surface area contributed by atoms with Crippen molar-refractivity contribution in [3.63, 3.8) is 0 Å². The monoisotopic (exact) mass is 583 g/mol. The Hall–Kier alpha value is -2.38. The van der Waals surface area contributed by atoms with Crippen LogP contribution in [0.2, 0.25) is 0 Å². The summed E-state index contributed by atoms with van der Waals surface area (Å²) < 4.78 is 2.00. The van der Waals surface area contributed by atoms with E-state index in [1.807, 2.05) is 47.5 Å². The normalized spacial score (nSPS) is 22.5. The molecular formula is C27H27Br2N3O2. The molecule has 2 aliphatic heterocycles. The molecule has 176 valence electrons. The molecule has 34 heavy (non-hydrogen) atoms. The summed E-state index contributed by atoms with van der Waals surface area (Å²) in [5.74, 6) is 0.691. The molecule has 0 saturated carbocycles. The van der Waals surface area contributed by atoms with Crippen molar-refractivity contribution in [1.29, 1.82) is 5.41 Å². The Labute approximate surface area is 216 Å². The zero-order chi connectivity index (χ0) is 23.8. The van der Waals surface area contributed by atoms with Crippen LogP contribution in [0.15, 0.2) is 69.3 Å². The van der Waals surface area contributed by atoms with Crippen molar-refractivity contribution in [2.75, 3.05) is 13.1 Å². The van der Waals surface area contributed by atoms with Crippen molar-refractivity contribution in [3.05, 3.63) is 86.0 Å². The number of aromatic hydroxyl groups is 1. The zero-order valence-electron chi connectivity index (χ0n) is 18.7. The number of amides is 1. The lowest BCUT2D eigenvalue weighted by molar-refractivity contribution is -0.125. The van der Waals surface area contributed by atoms with Gasteiger partial charge in [-0.05, 0) is 82.4 Å². The van der Waals surface area contributed by atoms with Crippen LogP contribution in [0, 0.1) is 11.3 Å². The maximum atomic E-state index is 13.0. The van der Waals surface area contributed by atoms with Crippen molar-refractivity contribution < 1.29 is 9.90 Å². The maximum absolute atomic E-state index is 13.0. The minimum Gasteiger partial charge on any atom is -0.508 e. The summed E-state index contributed by atoms with van der Waals surface area (Å²) in [6.07, 6.45) is 7.83. The lowest BCUT2D eigenvalue weighted by atomic mass is 9.73. The van der Waals surface area contributed by atoms with E-state index in [4.69, 9.17) is 5.41 Å².